The van der Waals surface area contributed by atoms with Gasteiger partial charge in [0, 0.05) is 74.6 Å². The van der Waals surface area contributed by atoms with Gasteiger partial charge >= 0.3 is 23.9 Å². The van der Waals surface area contributed by atoms with E-state index in [0.29, 0.717) is 24.3 Å². The molecular weight excluding hydrogens is 506 g/mol. The van der Waals surface area contributed by atoms with E-state index in [2.05, 4.69) is 20.9 Å². The lowest BCUT2D eigenvalue weighted by atomic mass is 10.2. The van der Waals surface area contributed by atoms with Crippen molar-refractivity contribution in [2.75, 3.05) is 32.7 Å². The number of aromatic nitrogens is 1. The molecule has 0 bridgehead atoms. The molecule has 1 fully saturated rings. The molecule has 2 aromatic rings. The number of nitrogens with zero attached hydrogens (tertiary/aromatic N) is 3. The zero-order valence-electron chi connectivity index (χ0n) is 19.8. The van der Waals surface area contributed by atoms with Gasteiger partial charge in [0.15, 0.2) is 0 Å². The summed E-state index contributed by atoms with van der Waals surface area (Å²) in [4.78, 5) is 48.4. The topological polar surface area (TPSA) is 189 Å². The van der Waals surface area contributed by atoms with Gasteiger partial charge in [0.2, 0.25) is 0 Å². The normalized spacial score (nSPS) is 14.7. The molecule has 1 unspecified atom stereocenters. The van der Waals surface area contributed by atoms with E-state index in [4.69, 9.17) is 20.4 Å². The number of aliphatic carboxylic acids is 4. The molecule has 2 aromatic heterocycles. The quantitative estimate of drug-likeness (QED) is 0.291. The molecule has 13 heteroatoms. The Balaban J connectivity index is 0.000000355. The molecule has 37 heavy (non-hydrogen) atoms. The predicted octanol–water partition coefficient (Wildman–Crippen LogP) is 1.42. The van der Waals surface area contributed by atoms with Gasteiger partial charge in [-0.1, -0.05) is 12.1 Å². The molecule has 0 aliphatic carbocycles. The third-order valence-electron chi connectivity index (χ3n) is 4.62. The number of hydrogen-bond acceptors (Lipinski definition) is 9. The van der Waals surface area contributed by atoms with Crippen molar-refractivity contribution in [1.82, 2.24) is 14.8 Å². The van der Waals surface area contributed by atoms with Crippen LogP contribution in [0.2, 0.25) is 0 Å². The van der Waals surface area contributed by atoms with Crippen molar-refractivity contribution in [3.05, 3.63) is 76.8 Å². The average Bonchev–Trinajstić information content (AvgIpc) is 3.40. The number of β-amino-alcohol motifs (C(OH)–C–C–N with tert-alkyl or cyclic N) is 1. The number of thiophene rings is 1. The maximum atomic E-state index is 10.2. The summed E-state index contributed by atoms with van der Waals surface area (Å²) in [5.74, 6) is -5.03. The van der Waals surface area contributed by atoms with Crippen molar-refractivity contribution in [2.24, 2.45) is 0 Å². The Morgan fingerprint density at radius 3 is 1.73 bits per heavy atom. The van der Waals surface area contributed by atoms with E-state index in [1.165, 1.54) is 0 Å². The van der Waals surface area contributed by atoms with E-state index < -0.39 is 23.9 Å². The first-order chi connectivity index (χ1) is 17.6. The number of aliphatic hydroxyl groups is 1. The second-order valence-corrected chi connectivity index (χ2v) is 8.43. The van der Waals surface area contributed by atoms with Crippen LogP contribution < -0.4 is 0 Å². The Labute approximate surface area is 217 Å². The molecule has 3 heterocycles. The summed E-state index contributed by atoms with van der Waals surface area (Å²) in [7, 11) is 0. The molecule has 1 saturated heterocycles. The monoisotopic (exact) mass is 535 g/mol. The molecule has 0 saturated carbocycles. The molecule has 1 aliphatic heterocycles. The van der Waals surface area contributed by atoms with E-state index in [1.807, 2.05) is 35.8 Å². The summed E-state index contributed by atoms with van der Waals surface area (Å²) in [6, 6.07) is 10.1. The fourth-order valence-electron chi connectivity index (χ4n) is 2.95. The molecular formula is C24H29N3O9S. The van der Waals surface area contributed by atoms with E-state index in [1.54, 1.807) is 11.3 Å². The minimum Gasteiger partial charge on any atom is -0.478 e. The zero-order valence-corrected chi connectivity index (χ0v) is 20.6. The summed E-state index contributed by atoms with van der Waals surface area (Å²) in [5, 5.41) is 43.5. The second kappa shape index (κ2) is 17.5. The largest absolute Gasteiger partial charge is 0.478 e. The number of hydrogen-bond donors (Lipinski definition) is 5. The maximum absolute atomic E-state index is 10.2. The van der Waals surface area contributed by atoms with E-state index in [9.17, 15) is 24.3 Å². The van der Waals surface area contributed by atoms with E-state index in [-0.39, 0.29) is 6.10 Å². The predicted molar refractivity (Wildman–Crippen MR) is 134 cm³/mol. The lowest BCUT2D eigenvalue weighted by molar-refractivity contribution is -0.134. The third-order valence-corrected chi connectivity index (χ3v) is 5.59. The van der Waals surface area contributed by atoms with Crippen LogP contribution in [0.4, 0.5) is 0 Å². The van der Waals surface area contributed by atoms with Gasteiger partial charge in [-0.2, -0.15) is 0 Å². The van der Waals surface area contributed by atoms with Gasteiger partial charge in [0.1, 0.15) is 6.10 Å². The number of piperazine rings is 1. The fraction of sp³-hybridized carbons (Fsp3) is 0.292. The smallest absolute Gasteiger partial charge is 0.328 e. The summed E-state index contributed by atoms with van der Waals surface area (Å²) in [6.07, 6.45) is 3.73. The molecule has 3 rings (SSSR count). The summed E-state index contributed by atoms with van der Waals surface area (Å²) >= 11 is 1.63. The summed E-state index contributed by atoms with van der Waals surface area (Å²) < 4.78 is 0. The standard InChI is InChI=1S/C16H21N3OS.2C4H4O4/c20-15(16-5-3-11-21-16)13-19-9-7-18(8-10-19)12-14-4-1-2-6-17-14;2*5-3(6)1-2-4(7)8/h1-6,11,15,20H,7-10,12-13H2;2*1-2H,(H,5,6)(H,7,8)/b;2*2-1-. The van der Waals surface area contributed by atoms with Crippen LogP contribution in [0.5, 0.6) is 0 Å². The van der Waals surface area contributed by atoms with Crippen molar-refractivity contribution >= 4 is 35.2 Å². The van der Waals surface area contributed by atoms with Crippen molar-refractivity contribution in [2.45, 2.75) is 12.6 Å². The van der Waals surface area contributed by atoms with Crippen LogP contribution in [0.1, 0.15) is 16.7 Å². The van der Waals surface area contributed by atoms with Crippen LogP contribution in [0.25, 0.3) is 0 Å². The lowest BCUT2D eigenvalue weighted by Gasteiger charge is -2.35. The molecule has 0 amide bonds. The second-order valence-electron chi connectivity index (χ2n) is 7.45. The number of rotatable bonds is 9. The van der Waals surface area contributed by atoms with Crippen LogP contribution in [0, 0.1) is 0 Å². The highest BCUT2D eigenvalue weighted by Gasteiger charge is 2.20. The van der Waals surface area contributed by atoms with Crippen LogP contribution in [0.3, 0.4) is 0 Å². The number of carboxylic acid groups (broad SMARTS) is 4. The lowest BCUT2D eigenvalue weighted by Crippen LogP contribution is -2.47. The molecule has 5 N–H and O–H groups in total. The minimum atomic E-state index is -1.26. The molecule has 1 aliphatic rings. The van der Waals surface area contributed by atoms with Gasteiger partial charge in [0.25, 0.3) is 0 Å². The van der Waals surface area contributed by atoms with Crippen LogP contribution in [-0.4, -0.2) is 96.9 Å². The van der Waals surface area contributed by atoms with Crippen molar-refractivity contribution in [1.29, 1.82) is 0 Å². The summed E-state index contributed by atoms with van der Waals surface area (Å²) in [6.45, 7) is 5.74. The minimum absolute atomic E-state index is 0.354. The highest BCUT2D eigenvalue weighted by atomic mass is 32.1. The Hall–Kier alpha value is -3.91. The molecule has 0 radical (unpaired) electrons. The zero-order chi connectivity index (χ0) is 27.6. The van der Waals surface area contributed by atoms with Crippen molar-refractivity contribution in [3.63, 3.8) is 0 Å². The number of pyridine rings is 1. The summed E-state index contributed by atoms with van der Waals surface area (Å²) in [5.41, 5.74) is 1.13. The first-order valence-electron chi connectivity index (χ1n) is 10.9. The van der Waals surface area contributed by atoms with Gasteiger partial charge in [-0.05, 0) is 23.6 Å². The van der Waals surface area contributed by atoms with Gasteiger partial charge in [-0.15, -0.1) is 11.3 Å². The maximum Gasteiger partial charge on any atom is 0.328 e. The number of carbonyl (C=O) groups is 4. The Kier molecular flexibility index (Phi) is 14.7. The molecule has 1 atom stereocenters. The highest BCUT2D eigenvalue weighted by Crippen LogP contribution is 2.20. The first kappa shape index (κ1) is 31.1. The van der Waals surface area contributed by atoms with Gasteiger partial charge < -0.3 is 25.5 Å². The fourth-order valence-corrected chi connectivity index (χ4v) is 3.65. The van der Waals surface area contributed by atoms with Gasteiger partial charge in [-0.25, -0.2) is 19.2 Å². The third kappa shape index (κ3) is 15.6. The SMILES string of the molecule is O=C(O)/C=C\C(=O)O.O=C(O)/C=C\C(=O)O.OC(CN1CCN(Cc2ccccn2)CC1)c1cccs1. The van der Waals surface area contributed by atoms with E-state index >= 15 is 0 Å². The number of aliphatic hydroxyl groups excluding tert-OH is 1. The molecule has 0 aromatic carbocycles. The first-order valence-corrected chi connectivity index (χ1v) is 11.8. The van der Waals surface area contributed by atoms with Gasteiger partial charge in [-0.3, -0.25) is 14.8 Å². The number of carboxylic acids is 4. The molecule has 0 spiro atoms. The van der Waals surface area contributed by atoms with Crippen molar-refractivity contribution < 1.29 is 44.7 Å². The average molecular weight is 536 g/mol. The Morgan fingerprint density at radius 2 is 1.32 bits per heavy atom. The highest BCUT2D eigenvalue weighted by molar-refractivity contribution is 7.10. The molecule has 12 nitrogen and oxygen atoms in total. The van der Waals surface area contributed by atoms with Gasteiger partial charge in [0.05, 0.1) is 5.69 Å². The Bertz CT molecular complexity index is 969. The van der Waals surface area contributed by atoms with E-state index in [0.717, 1.165) is 49.8 Å². The van der Waals surface area contributed by atoms with Crippen molar-refractivity contribution in [3.8, 4) is 0 Å². The van der Waals surface area contributed by atoms with Crippen LogP contribution in [0.15, 0.2) is 66.2 Å². The molecule has 200 valence electrons. The van der Waals surface area contributed by atoms with Crippen LogP contribution in [-0.2, 0) is 25.7 Å². The Morgan fingerprint density at radius 1 is 0.811 bits per heavy atom. The van der Waals surface area contributed by atoms with Crippen LogP contribution >= 0.6 is 11.3 Å².